The number of carbonyl (C=O) groups excluding carboxylic acids is 1. The Morgan fingerprint density at radius 2 is 1.91 bits per heavy atom. The zero-order chi connectivity index (χ0) is 32.0. The number of benzene rings is 2. The highest BCUT2D eigenvalue weighted by molar-refractivity contribution is 7.17. The molecule has 1 fully saturated rings. The Bertz CT molecular complexity index is 1770. The summed E-state index contributed by atoms with van der Waals surface area (Å²) in [7, 11) is 1.47. The third-order valence-electron chi connectivity index (χ3n) is 8.10. The largest absolute Gasteiger partial charge is 0.467 e. The molecule has 3 heterocycles. The van der Waals surface area contributed by atoms with Crippen LogP contribution in [-0.4, -0.2) is 53.1 Å². The number of likely N-dealkylation sites (N-methyl/N-ethyl adjacent to an activating group) is 1. The first-order valence-electron chi connectivity index (χ1n) is 14.9. The second kappa shape index (κ2) is 14.3. The summed E-state index contributed by atoms with van der Waals surface area (Å²) in [5, 5.41) is 22.8. The molecule has 0 N–H and O–H groups in total. The number of anilines is 1. The average Bonchev–Trinajstić information content (AvgIpc) is 3.65. The van der Waals surface area contributed by atoms with Crippen LogP contribution >= 0.6 is 11.3 Å². The van der Waals surface area contributed by atoms with Crippen LogP contribution in [-0.2, 0) is 4.79 Å². The highest BCUT2D eigenvalue weighted by Crippen LogP contribution is 2.41. The smallest absolute Gasteiger partial charge is 0.318 e. The molecule has 1 amide bonds. The second-order valence-corrected chi connectivity index (χ2v) is 11.4. The van der Waals surface area contributed by atoms with E-state index in [4.69, 9.17) is 4.74 Å². The van der Waals surface area contributed by atoms with Crippen LogP contribution in [0.3, 0.4) is 0 Å². The van der Waals surface area contributed by atoms with E-state index in [2.05, 4.69) is 47.4 Å². The van der Waals surface area contributed by atoms with Crippen molar-refractivity contribution in [3.8, 4) is 29.3 Å². The van der Waals surface area contributed by atoms with Gasteiger partial charge in [0.25, 0.3) is 0 Å². The summed E-state index contributed by atoms with van der Waals surface area (Å²) in [5.74, 6) is 0.0714. The summed E-state index contributed by atoms with van der Waals surface area (Å²) in [4.78, 5) is 25.6. The van der Waals surface area contributed by atoms with Crippen molar-refractivity contribution in [2.24, 2.45) is 0 Å². The van der Waals surface area contributed by atoms with Gasteiger partial charge in [-0.1, -0.05) is 51.8 Å². The van der Waals surface area contributed by atoms with Crippen molar-refractivity contribution < 1.29 is 13.9 Å². The van der Waals surface area contributed by atoms with Gasteiger partial charge in [-0.25, -0.2) is 4.39 Å². The number of amides is 1. The molecule has 228 valence electrons. The molecular formula is C34H37FN6O2S. The van der Waals surface area contributed by atoms with Gasteiger partial charge in [-0.2, -0.15) is 20.5 Å². The minimum absolute atomic E-state index is 0.0207. The van der Waals surface area contributed by atoms with Crippen molar-refractivity contribution in [2.75, 3.05) is 25.1 Å². The Hall–Kier alpha value is -4.54. The summed E-state index contributed by atoms with van der Waals surface area (Å²) < 4.78 is 20.4. The lowest BCUT2D eigenvalue weighted by Gasteiger charge is -2.34. The summed E-state index contributed by atoms with van der Waals surface area (Å²) >= 11 is 1.16. The van der Waals surface area contributed by atoms with E-state index in [0.29, 0.717) is 56.6 Å². The number of likely N-dealkylation sites (tertiary alicyclic amines) is 1. The quantitative estimate of drug-likeness (QED) is 0.189. The minimum Gasteiger partial charge on any atom is -0.467 e. The number of hydrogen-bond acceptors (Lipinski definition) is 8. The summed E-state index contributed by atoms with van der Waals surface area (Å²) in [6.45, 7) is 13.3. The summed E-state index contributed by atoms with van der Waals surface area (Å²) in [6, 6.07) is 11.0. The fourth-order valence-electron chi connectivity index (χ4n) is 5.89. The van der Waals surface area contributed by atoms with E-state index in [1.807, 2.05) is 19.9 Å². The molecule has 2 atom stereocenters. The minimum atomic E-state index is -0.418. The number of ether oxygens (including phenoxy) is 1. The van der Waals surface area contributed by atoms with Crippen LogP contribution in [0, 0.1) is 28.5 Å². The number of nitrogens with zero attached hydrogens (tertiary/aromatic N) is 6. The number of nitriles is 2. The summed E-state index contributed by atoms with van der Waals surface area (Å²) in [6.07, 6.45) is 6.15. The molecule has 1 aliphatic rings. The lowest BCUT2D eigenvalue weighted by atomic mass is 9.93. The first kappa shape index (κ1) is 32.4. The SMILES string of the molecule is C=CC(=O)N1CCC(N(CC)c2nc(OC)nc3c(C#N)c(-c4ccc(F)c5scc(C#N)c45)ccc23)C1C.CCCCC. The lowest BCUT2D eigenvalue weighted by molar-refractivity contribution is -0.126. The Morgan fingerprint density at radius 1 is 1.18 bits per heavy atom. The normalized spacial score (nSPS) is 15.8. The number of fused-ring (bicyclic) bond motifs is 2. The maximum absolute atomic E-state index is 14.6. The Morgan fingerprint density at radius 3 is 2.50 bits per heavy atom. The van der Waals surface area contributed by atoms with Crippen LogP contribution < -0.4 is 9.64 Å². The van der Waals surface area contributed by atoms with E-state index >= 15 is 0 Å². The number of hydrogen-bond donors (Lipinski definition) is 0. The van der Waals surface area contributed by atoms with Crippen LogP contribution in [0.25, 0.3) is 32.1 Å². The van der Waals surface area contributed by atoms with Crippen LogP contribution in [0.1, 0.15) is 64.5 Å². The van der Waals surface area contributed by atoms with E-state index in [1.165, 1.54) is 38.5 Å². The number of carbonyl (C=O) groups is 1. The molecule has 10 heteroatoms. The number of thiophene rings is 1. The second-order valence-electron chi connectivity index (χ2n) is 10.6. The predicted octanol–water partition coefficient (Wildman–Crippen LogP) is 7.60. The van der Waals surface area contributed by atoms with Gasteiger partial charge in [0.2, 0.25) is 5.91 Å². The predicted molar refractivity (Wildman–Crippen MR) is 174 cm³/mol. The third kappa shape index (κ3) is 5.95. The van der Waals surface area contributed by atoms with Crippen molar-refractivity contribution in [1.29, 1.82) is 10.5 Å². The fourth-order valence-corrected chi connectivity index (χ4v) is 6.82. The topological polar surface area (TPSA) is 106 Å². The number of halogens is 1. The van der Waals surface area contributed by atoms with Gasteiger partial charge in [-0.3, -0.25) is 4.79 Å². The first-order valence-corrected chi connectivity index (χ1v) is 15.8. The molecule has 2 aromatic carbocycles. The fraction of sp³-hybridized carbons (Fsp3) is 0.382. The van der Waals surface area contributed by atoms with Crippen molar-refractivity contribution in [3.05, 3.63) is 59.2 Å². The van der Waals surface area contributed by atoms with Gasteiger partial charge in [0.15, 0.2) is 0 Å². The maximum atomic E-state index is 14.6. The number of aromatic nitrogens is 2. The van der Waals surface area contributed by atoms with Crippen LogP contribution in [0.2, 0.25) is 0 Å². The van der Waals surface area contributed by atoms with Gasteiger partial charge in [-0.15, -0.1) is 11.3 Å². The number of unbranched alkanes of at least 4 members (excludes halogenated alkanes) is 2. The molecule has 8 nitrogen and oxygen atoms in total. The van der Waals surface area contributed by atoms with Gasteiger partial charge in [0, 0.05) is 40.8 Å². The first-order chi connectivity index (χ1) is 21.3. The molecule has 0 bridgehead atoms. The van der Waals surface area contributed by atoms with Crippen molar-refractivity contribution in [3.63, 3.8) is 0 Å². The van der Waals surface area contributed by atoms with Gasteiger partial charge in [0.05, 0.1) is 34.5 Å². The molecule has 4 aromatic rings. The van der Waals surface area contributed by atoms with Gasteiger partial charge in [0.1, 0.15) is 23.8 Å². The van der Waals surface area contributed by atoms with Gasteiger partial charge < -0.3 is 14.5 Å². The molecule has 2 aromatic heterocycles. The van der Waals surface area contributed by atoms with Crippen LogP contribution in [0.5, 0.6) is 6.01 Å². The molecule has 1 aliphatic heterocycles. The standard InChI is InChI=1S/C29H25FN6O2S.C5H12/c1-5-24(37)36-12-11-23(16(36)3)35(6-2)28-20-8-7-18(21(14-32)26(20)33-29(34-28)38-4)19-9-10-22(30)27-25(19)17(13-31)15-39-27;1-3-5-4-2/h5,7-10,15-16,23H,1,6,11-12H2,2-4H3;3-5H2,1-2H3. The van der Waals surface area contributed by atoms with Gasteiger partial charge >= 0.3 is 6.01 Å². The van der Waals surface area contributed by atoms with Crippen molar-refractivity contribution in [2.45, 2.75) is 65.5 Å². The highest BCUT2D eigenvalue weighted by atomic mass is 32.1. The van der Waals surface area contributed by atoms with Crippen molar-refractivity contribution >= 4 is 44.1 Å². The monoisotopic (exact) mass is 612 g/mol. The molecule has 0 radical (unpaired) electrons. The maximum Gasteiger partial charge on any atom is 0.318 e. The molecule has 5 rings (SSSR count). The highest BCUT2D eigenvalue weighted by Gasteiger charge is 2.37. The van der Waals surface area contributed by atoms with Crippen LogP contribution in [0.4, 0.5) is 10.2 Å². The molecule has 0 aliphatic carbocycles. The van der Waals surface area contributed by atoms with E-state index in [1.54, 1.807) is 22.4 Å². The molecule has 1 saturated heterocycles. The zero-order valence-electron chi connectivity index (χ0n) is 25.9. The number of methoxy groups -OCH3 is 1. The van der Waals surface area contributed by atoms with E-state index in [-0.39, 0.29) is 29.6 Å². The Kier molecular flexibility index (Phi) is 10.5. The molecule has 2 unspecified atom stereocenters. The van der Waals surface area contributed by atoms with Gasteiger partial charge in [-0.05, 0) is 44.0 Å². The summed E-state index contributed by atoms with van der Waals surface area (Å²) in [5.41, 5.74) is 2.14. The molecule has 0 spiro atoms. The third-order valence-corrected chi connectivity index (χ3v) is 9.09. The molecule has 44 heavy (non-hydrogen) atoms. The van der Waals surface area contributed by atoms with E-state index in [0.717, 1.165) is 17.8 Å². The van der Waals surface area contributed by atoms with E-state index < -0.39 is 5.82 Å². The zero-order valence-corrected chi connectivity index (χ0v) is 26.7. The van der Waals surface area contributed by atoms with E-state index in [9.17, 15) is 19.7 Å². The molecular weight excluding hydrogens is 575 g/mol. The van der Waals surface area contributed by atoms with Crippen molar-refractivity contribution in [1.82, 2.24) is 14.9 Å². The Balaban J connectivity index is 0.000000818. The van der Waals surface area contributed by atoms with Crippen LogP contribution in [0.15, 0.2) is 42.3 Å². The lowest BCUT2D eigenvalue weighted by Crippen LogP contribution is -2.45. The average molecular weight is 613 g/mol. The molecule has 0 saturated carbocycles. The number of rotatable bonds is 8. The Labute approximate surface area is 262 Å².